The van der Waals surface area contributed by atoms with E-state index in [-0.39, 0.29) is 25.6 Å². The van der Waals surface area contributed by atoms with Crippen LogP contribution in [0.4, 0.5) is 13.2 Å². The van der Waals surface area contributed by atoms with E-state index in [1.165, 1.54) is 17.1 Å². The van der Waals surface area contributed by atoms with Gasteiger partial charge in [0.05, 0.1) is 29.7 Å². The lowest BCUT2D eigenvalue weighted by atomic mass is 10.0. The van der Waals surface area contributed by atoms with Crippen molar-refractivity contribution in [3.05, 3.63) is 40.3 Å². The summed E-state index contributed by atoms with van der Waals surface area (Å²) in [6.45, 7) is 2.98. The molecule has 0 bridgehead atoms. The van der Waals surface area contributed by atoms with Gasteiger partial charge in [0, 0.05) is 6.54 Å². The number of oxime groups is 1. The van der Waals surface area contributed by atoms with Gasteiger partial charge in [0.15, 0.2) is 0 Å². The van der Waals surface area contributed by atoms with Gasteiger partial charge in [0.2, 0.25) is 0 Å². The standard InChI is InChI=1S/C16H23F3N4O2.ClH/c1-2-3-4-15(21-25-12-11-23(22-24)10-9-20)13-5-7-14(8-6-13)16(17,18)19;/h5-8H,2-4,9-12,20H2,1H3;1H/b21-15+;. The highest BCUT2D eigenvalue weighted by Crippen LogP contribution is 2.29. The van der Waals surface area contributed by atoms with Crippen LogP contribution in [0.2, 0.25) is 0 Å². The monoisotopic (exact) mass is 396 g/mol. The molecule has 0 saturated carbocycles. The topological polar surface area (TPSA) is 80.3 Å². The Hall–Kier alpha value is -1.87. The largest absolute Gasteiger partial charge is 0.416 e. The van der Waals surface area contributed by atoms with E-state index < -0.39 is 11.7 Å². The quantitative estimate of drug-likeness (QED) is 0.265. The summed E-state index contributed by atoms with van der Waals surface area (Å²) in [5.74, 6) is 0. The molecule has 0 aliphatic rings. The van der Waals surface area contributed by atoms with Crippen molar-refractivity contribution in [2.45, 2.75) is 32.4 Å². The smallest absolute Gasteiger partial charge is 0.394 e. The minimum absolute atomic E-state index is 0. The molecule has 0 amide bonds. The fourth-order valence-corrected chi connectivity index (χ4v) is 2.05. The molecule has 0 unspecified atom stereocenters. The normalized spacial score (nSPS) is 11.7. The molecule has 26 heavy (non-hydrogen) atoms. The number of nitrogens with zero attached hydrogens (tertiary/aromatic N) is 3. The molecule has 0 heterocycles. The van der Waals surface area contributed by atoms with Crippen LogP contribution in [0.1, 0.15) is 37.3 Å². The molecule has 0 radical (unpaired) electrons. The fourth-order valence-electron chi connectivity index (χ4n) is 2.05. The third-order valence-corrected chi connectivity index (χ3v) is 3.43. The molecule has 6 nitrogen and oxygen atoms in total. The summed E-state index contributed by atoms with van der Waals surface area (Å²) < 4.78 is 37.9. The fraction of sp³-hybridized carbons (Fsp3) is 0.562. The van der Waals surface area contributed by atoms with E-state index in [2.05, 4.69) is 10.4 Å². The van der Waals surface area contributed by atoms with Gasteiger partial charge < -0.3 is 10.6 Å². The lowest BCUT2D eigenvalue weighted by molar-refractivity contribution is -0.137. The minimum Gasteiger partial charge on any atom is -0.394 e. The third-order valence-electron chi connectivity index (χ3n) is 3.43. The molecule has 0 aromatic heterocycles. The Bertz CT molecular complexity index is 553. The van der Waals surface area contributed by atoms with Crippen LogP contribution in [0.15, 0.2) is 34.7 Å². The Kier molecular flexibility index (Phi) is 11.6. The minimum atomic E-state index is -4.37. The summed E-state index contributed by atoms with van der Waals surface area (Å²) in [6, 6.07) is 4.81. The number of alkyl halides is 3. The van der Waals surface area contributed by atoms with Gasteiger partial charge in [-0.15, -0.1) is 17.3 Å². The van der Waals surface area contributed by atoms with Gasteiger partial charge in [-0.05, 0) is 30.5 Å². The Balaban J connectivity index is 0.00000625. The molecular formula is C16H24ClF3N4O2. The van der Waals surface area contributed by atoms with E-state index in [1.54, 1.807) is 0 Å². The summed E-state index contributed by atoms with van der Waals surface area (Å²) >= 11 is 0. The first kappa shape index (κ1) is 24.1. The van der Waals surface area contributed by atoms with E-state index in [0.717, 1.165) is 25.0 Å². The van der Waals surface area contributed by atoms with Crippen LogP contribution in [-0.2, 0) is 11.0 Å². The van der Waals surface area contributed by atoms with Crippen molar-refractivity contribution >= 4 is 18.1 Å². The van der Waals surface area contributed by atoms with Crippen LogP contribution in [0.3, 0.4) is 0 Å². The zero-order valence-electron chi connectivity index (χ0n) is 14.5. The molecule has 1 aromatic rings. The molecule has 0 aliphatic heterocycles. The molecular weight excluding hydrogens is 373 g/mol. The van der Waals surface area contributed by atoms with Crippen molar-refractivity contribution < 1.29 is 18.0 Å². The van der Waals surface area contributed by atoms with E-state index in [4.69, 9.17) is 10.6 Å². The number of nitrogens with two attached hydrogens (primary N) is 1. The maximum Gasteiger partial charge on any atom is 0.416 e. The van der Waals surface area contributed by atoms with E-state index in [0.29, 0.717) is 30.8 Å². The second-order valence-electron chi connectivity index (χ2n) is 5.37. The predicted molar refractivity (Wildman–Crippen MR) is 97.1 cm³/mol. The SMILES string of the molecule is CCCC/C(=N\OCCN(CCN)N=O)c1ccc(C(F)(F)F)cc1.Cl. The van der Waals surface area contributed by atoms with Gasteiger partial charge >= 0.3 is 6.18 Å². The molecule has 0 aliphatic carbocycles. The lowest BCUT2D eigenvalue weighted by Gasteiger charge is -2.13. The second-order valence-corrected chi connectivity index (χ2v) is 5.37. The highest BCUT2D eigenvalue weighted by Gasteiger charge is 2.30. The number of rotatable bonds is 11. The van der Waals surface area contributed by atoms with Crippen LogP contribution in [0, 0.1) is 4.91 Å². The van der Waals surface area contributed by atoms with Crippen molar-refractivity contribution in [2.24, 2.45) is 16.2 Å². The van der Waals surface area contributed by atoms with Crippen molar-refractivity contribution in [3.63, 3.8) is 0 Å². The van der Waals surface area contributed by atoms with Crippen LogP contribution in [0.5, 0.6) is 0 Å². The zero-order chi connectivity index (χ0) is 18.7. The van der Waals surface area contributed by atoms with Crippen LogP contribution in [-0.4, -0.2) is 37.0 Å². The lowest BCUT2D eigenvalue weighted by Crippen LogP contribution is -2.27. The maximum atomic E-state index is 12.6. The molecule has 0 fully saturated rings. The third kappa shape index (κ3) is 8.48. The number of hydrogen-bond donors (Lipinski definition) is 1. The van der Waals surface area contributed by atoms with Gasteiger partial charge in [-0.3, -0.25) is 5.01 Å². The summed E-state index contributed by atoms with van der Waals surface area (Å²) in [4.78, 5) is 15.7. The molecule has 0 spiro atoms. The first-order valence-electron chi connectivity index (χ1n) is 8.07. The number of nitroso groups, excluding NO2 is 1. The van der Waals surface area contributed by atoms with Crippen LogP contribution < -0.4 is 5.73 Å². The van der Waals surface area contributed by atoms with E-state index in [9.17, 15) is 18.1 Å². The van der Waals surface area contributed by atoms with Crippen molar-refractivity contribution in [3.8, 4) is 0 Å². The molecule has 0 saturated heterocycles. The van der Waals surface area contributed by atoms with Gasteiger partial charge in [-0.25, -0.2) is 0 Å². The summed E-state index contributed by atoms with van der Waals surface area (Å²) in [5, 5.41) is 8.05. The summed E-state index contributed by atoms with van der Waals surface area (Å²) in [6.07, 6.45) is -2.04. The Morgan fingerprint density at radius 2 is 1.88 bits per heavy atom. The van der Waals surface area contributed by atoms with Crippen molar-refractivity contribution in [1.29, 1.82) is 0 Å². The number of benzene rings is 1. The van der Waals surface area contributed by atoms with Crippen LogP contribution in [0.25, 0.3) is 0 Å². The second kappa shape index (κ2) is 12.5. The Morgan fingerprint density at radius 1 is 1.23 bits per heavy atom. The Labute approximate surface area is 156 Å². The van der Waals surface area contributed by atoms with E-state index in [1.807, 2.05) is 6.92 Å². The van der Waals surface area contributed by atoms with Gasteiger partial charge in [0.1, 0.15) is 6.61 Å². The summed E-state index contributed by atoms with van der Waals surface area (Å²) in [5.41, 5.74) is 5.78. The van der Waals surface area contributed by atoms with Crippen molar-refractivity contribution in [2.75, 3.05) is 26.2 Å². The summed E-state index contributed by atoms with van der Waals surface area (Å²) in [7, 11) is 0. The van der Waals surface area contributed by atoms with E-state index >= 15 is 0 Å². The highest BCUT2D eigenvalue weighted by atomic mass is 35.5. The molecule has 1 rings (SSSR count). The van der Waals surface area contributed by atoms with Gasteiger partial charge in [-0.2, -0.15) is 13.2 Å². The van der Waals surface area contributed by atoms with Crippen molar-refractivity contribution in [1.82, 2.24) is 5.01 Å². The van der Waals surface area contributed by atoms with Gasteiger partial charge in [0.25, 0.3) is 0 Å². The highest BCUT2D eigenvalue weighted by molar-refractivity contribution is 6.00. The van der Waals surface area contributed by atoms with Crippen LogP contribution >= 0.6 is 12.4 Å². The number of hydrogen-bond acceptors (Lipinski definition) is 5. The average Bonchev–Trinajstić information content (AvgIpc) is 2.59. The molecule has 1 aromatic carbocycles. The van der Waals surface area contributed by atoms with Gasteiger partial charge in [-0.1, -0.05) is 30.6 Å². The Morgan fingerprint density at radius 3 is 2.38 bits per heavy atom. The number of halogens is 4. The first-order chi connectivity index (χ1) is 11.9. The molecule has 10 heteroatoms. The predicted octanol–water partition coefficient (Wildman–Crippen LogP) is 3.98. The zero-order valence-corrected chi connectivity index (χ0v) is 15.4. The maximum absolute atomic E-state index is 12.6. The molecule has 148 valence electrons. The number of unbranched alkanes of at least 4 members (excludes halogenated alkanes) is 1. The molecule has 0 atom stereocenters. The first-order valence-corrected chi connectivity index (χ1v) is 8.07. The molecule has 2 N–H and O–H groups in total. The average molecular weight is 397 g/mol.